The number of thiazole rings is 1. The average molecular weight is 391 g/mol. The van der Waals surface area contributed by atoms with Crippen LogP contribution in [0.2, 0.25) is 0 Å². The number of rotatable bonds is 8. The lowest BCUT2D eigenvalue weighted by molar-refractivity contribution is -0.137. The van der Waals surface area contributed by atoms with Crippen molar-refractivity contribution in [1.82, 2.24) is 15.2 Å². The fourth-order valence-electron chi connectivity index (χ4n) is 2.02. The molecule has 0 fully saturated rings. The second kappa shape index (κ2) is 9.67. The highest BCUT2D eigenvalue weighted by Gasteiger charge is 2.15. The normalized spacial score (nSPS) is 10.2. The van der Waals surface area contributed by atoms with Crippen LogP contribution in [0, 0.1) is 6.92 Å². The third kappa shape index (κ3) is 6.37. The topological polar surface area (TPSA) is 97.8 Å². The fraction of sp³-hybridized carbons (Fsp3) is 0.333. The van der Waals surface area contributed by atoms with E-state index in [0.717, 1.165) is 10.7 Å². The molecule has 27 heavy (non-hydrogen) atoms. The molecule has 0 saturated carbocycles. The van der Waals surface area contributed by atoms with Gasteiger partial charge in [0.25, 0.3) is 5.91 Å². The van der Waals surface area contributed by atoms with Crippen LogP contribution in [0.5, 0.6) is 5.75 Å². The van der Waals surface area contributed by atoms with Crippen LogP contribution in [-0.4, -0.2) is 54.9 Å². The summed E-state index contributed by atoms with van der Waals surface area (Å²) < 4.78 is 10.6. The smallest absolute Gasteiger partial charge is 0.338 e. The van der Waals surface area contributed by atoms with Gasteiger partial charge in [0.15, 0.2) is 6.61 Å². The Morgan fingerprint density at radius 1 is 1.22 bits per heavy atom. The Labute approximate surface area is 161 Å². The van der Waals surface area contributed by atoms with Gasteiger partial charge in [0.05, 0.1) is 22.8 Å². The molecule has 0 aliphatic rings. The van der Waals surface area contributed by atoms with Gasteiger partial charge in [-0.3, -0.25) is 9.59 Å². The molecule has 0 aliphatic heterocycles. The third-order valence-electron chi connectivity index (χ3n) is 3.56. The van der Waals surface area contributed by atoms with Crippen LogP contribution in [0.15, 0.2) is 29.6 Å². The summed E-state index contributed by atoms with van der Waals surface area (Å²) in [6.07, 6.45) is 0. The quantitative estimate of drug-likeness (QED) is 0.683. The highest BCUT2D eigenvalue weighted by molar-refractivity contribution is 7.09. The Morgan fingerprint density at radius 3 is 2.52 bits per heavy atom. The first-order valence-electron chi connectivity index (χ1n) is 8.14. The van der Waals surface area contributed by atoms with Crippen LogP contribution in [-0.2, 0) is 20.9 Å². The number of aryl methyl sites for hydroxylation is 1. The average Bonchev–Trinajstić information content (AvgIpc) is 3.09. The first-order valence-corrected chi connectivity index (χ1v) is 9.02. The van der Waals surface area contributed by atoms with Gasteiger partial charge in [0.1, 0.15) is 12.4 Å². The minimum Gasteiger partial charge on any atom is -0.487 e. The van der Waals surface area contributed by atoms with E-state index in [2.05, 4.69) is 10.3 Å². The van der Waals surface area contributed by atoms with Crippen LogP contribution in [0.4, 0.5) is 0 Å². The van der Waals surface area contributed by atoms with Crippen molar-refractivity contribution in [3.8, 4) is 5.75 Å². The monoisotopic (exact) mass is 391 g/mol. The molecule has 2 rings (SSSR count). The van der Waals surface area contributed by atoms with E-state index in [-0.39, 0.29) is 12.5 Å². The number of carbonyl (C=O) groups excluding carboxylic acids is 3. The van der Waals surface area contributed by atoms with Gasteiger partial charge in [0.2, 0.25) is 5.91 Å². The minimum absolute atomic E-state index is 0.0998. The summed E-state index contributed by atoms with van der Waals surface area (Å²) in [5.41, 5.74) is 1.15. The van der Waals surface area contributed by atoms with E-state index in [4.69, 9.17) is 9.47 Å². The van der Waals surface area contributed by atoms with Gasteiger partial charge in [-0.2, -0.15) is 0 Å². The largest absolute Gasteiger partial charge is 0.487 e. The number of aromatic nitrogens is 1. The highest BCUT2D eigenvalue weighted by Crippen LogP contribution is 2.16. The van der Waals surface area contributed by atoms with Crippen LogP contribution in [0.25, 0.3) is 0 Å². The number of ether oxygens (including phenoxy) is 2. The maximum absolute atomic E-state index is 12.0. The molecule has 2 amide bonds. The van der Waals surface area contributed by atoms with Crippen molar-refractivity contribution in [2.45, 2.75) is 13.5 Å². The lowest BCUT2D eigenvalue weighted by atomic mass is 10.2. The first kappa shape index (κ1) is 20.4. The lowest BCUT2D eigenvalue weighted by Crippen LogP contribution is -2.39. The number of esters is 1. The Hall–Kier alpha value is -2.94. The van der Waals surface area contributed by atoms with Crippen molar-refractivity contribution in [3.63, 3.8) is 0 Å². The SMILES string of the molecule is CNC(=O)CN(C)C(=O)COC(=O)c1ccc(OCc2csc(C)n2)cc1. The zero-order valence-corrected chi connectivity index (χ0v) is 16.2. The number of hydrogen-bond acceptors (Lipinski definition) is 7. The summed E-state index contributed by atoms with van der Waals surface area (Å²) in [6.45, 7) is 1.74. The predicted molar refractivity (Wildman–Crippen MR) is 99.6 cm³/mol. The number of carbonyl (C=O) groups is 3. The predicted octanol–water partition coefficient (Wildman–Crippen LogP) is 1.39. The Bertz CT molecular complexity index is 804. The number of benzene rings is 1. The summed E-state index contributed by atoms with van der Waals surface area (Å²) in [4.78, 5) is 40.6. The van der Waals surface area contributed by atoms with Crippen molar-refractivity contribution in [3.05, 3.63) is 45.9 Å². The molecule has 9 heteroatoms. The van der Waals surface area contributed by atoms with Gasteiger partial charge >= 0.3 is 5.97 Å². The van der Waals surface area contributed by atoms with Crippen molar-refractivity contribution in [1.29, 1.82) is 0 Å². The second-order valence-corrected chi connectivity index (χ2v) is 6.73. The van der Waals surface area contributed by atoms with Gasteiger partial charge in [-0.15, -0.1) is 11.3 Å². The highest BCUT2D eigenvalue weighted by atomic mass is 32.1. The van der Waals surface area contributed by atoms with Crippen LogP contribution in [0.3, 0.4) is 0 Å². The van der Waals surface area contributed by atoms with E-state index >= 15 is 0 Å². The molecule has 0 bridgehead atoms. The maximum Gasteiger partial charge on any atom is 0.338 e. The summed E-state index contributed by atoms with van der Waals surface area (Å²) in [7, 11) is 2.94. The van der Waals surface area contributed by atoms with Crippen molar-refractivity contribution in [2.75, 3.05) is 27.2 Å². The molecule has 144 valence electrons. The van der Waals surface area contributed by atoms with Crippen molar-refractivity contribution in [2.24, 2.45) is 0 Å². The standard InChI is InChI=1S/C18H21N3O5S/c1-12-20-14(11-27-12)9-25-15-6-4-13(5-7-15)18(24)26-10-17(23)21(3)8-16(22)19-2/h4-7,11H,8-10H2,1-3H3,(H,19,22). The zero-order valence-electron chi connectivity index (χ0n) is 15.4. The van der Waals surface area contributed by atoms with Crippen molar-refractivity contribution < 1.29 is 23.9 Å². The molecule has 1 aromatic carbocycles. The van der Waals surface area contributed by atoms with Gasteiger partial charge in [0, 0.05) is 19.5 Å². The van der Waals surface area contributed by atoms with E-state index in [1.165, 1.54) is 19.0 Å². The molecule has 0 spiro atoms. The van der Waals surface area contributed by atoms with E-state index in [9.17, 15) is 14.4 Å². The molecule has 8 nitrogen and oxygen atoms in total. The number of amides is 2. The van der Waals surface area contributed by atoms with Crippen LogP contribution < -0.4 is 10.1 Å². The molecular weight excluding hydrogens is 370 g/mol. The summed E-state index contributed by atoms with van der Waals surface area (Å²) in [5, 5.41) is 5.32. The maximum atomic E-state index is 12.0. The summed E-state index contributed by atoms with van der Waals surface area (Å²) in [5.74, 6) is -0.803. The molecule has 0 unspecified atom stereocenters. The van der Waals surface area contributed by atoms with Crippen molar-refractivity contribution >= 4 is 29.1 Å². The lowest BCUT2D eigenvalue weighted by Gasteiger charge is -2.15. The number of hydrogen-bond donors (Lipinski definition) is 1. The molecule has 0 aliphatic carbocycles. The number of nitrogens with one attached hydrogen (secondary N) is 1. The summed E-state index contributed by atoms with van der Waals surface area (Å²) >= 11 is 1.55. The number of likely N-dealkylation sites (N-methyl/N-ethyl adjacent to an activating group) is 2. The molecule has 1 heterocycles. The third-order valence-corrected chi connectivity index (χ3v) is 4.38. The van der Waals surface area contributed by atoms with E-state index in [1.807, 2.05) is 12.3 Å². The van der Waals surface area contributed by atoms with Gasteiger partial charge in [-0.1, -0.05) is 0 Å². The Kier molecular flexibility index (Phi) is 7.30. The zero-order chi connectivity index (χ0) is 19.8. The Morgan fingerprint density at radius 2 is 1.93 bits per heavy atom. The molecule has 0 atom stereocenters. The van der Waals surface area contributed by atoms with Gasteiger partial charge in [-0.05, 0) is 31.2 Å². The van der Waals surface area contributed by atoms with Crippen LogP contribution >= 0.6 is 11.3 Å². The minimum atomic E-state index is -0.627. The molecule has 0 saturated heterocycles. The molecule has 0 radical (unpaired) electrons. The van der Waals surface area contributed by atoms with Crippen LogP contribution in [0.1, 0.15) is 21.1 Å². The van der Waals surface area contributed by atoms with Gasteiger partial charge < -0.3 is 19.7 Å². The molecule has 2 aromatic rings. The molecule has 1 N–H and O–H groups in total. The van der Waals surface area contributed by atoms with Gasteiger partial charge in [-0.25, -0.2) is 9.78 Å². The molecular formula is C18H21N3O5S. The molecule has 1 aromatic heterocycles. The summed E-state index contributed by atoms with van der Waals surface area (Å²) in [6, 6.07) is 6.41. The van der Waals surface area contributed by atoms with E-state index in [1.54, 1.807) is 35.6 Å². The fourth-order valence-corrected chi connectivity index (χ4v) is 2.62. The number of nitrogens with zero attached hydrogens (tertiary/aromatic N) is 2. The first-order chi connectivity index (χ1) is 12.9. The second-order valence-electron chi connectivity index (χ2n) is 5.67. The van der Waals surface area contributed by atoms with E-state index in [0.29, 0.717) is 17.9 Å². The Balaban J connectivity index is 1.80. The van der Waals surface area contributed by atoms with E-state index < -0.39 is 18.5 Å².